The van der Waals surface area contributed by atoms with Crippen LogP contribution in [-0.2, 0) is 18.3 Å². The van der Waals surface area contributed by atoms with Crippen molar-refractivity contribution >= 4 is 10.9 Å². The number of H-pyrrole nitrogens is 1. The summed E-state index contributed by atoms with van der Waals surface area (Å²) < 4.78 is 47.6. The lowest BCUT2D eigenvalue weighted by Gasteiger charge is -2.38. The summed E-state index contributed by atoms with van der Waals surface area (Å²) >= 11 is 0. The molecule has 2 heterocycles. The fourth-order valence-electron chi connectivity index (χ4n) is 4.25. The highest BCUT2D eigenvalue weighted by Gasteiger charge is 2.56. The minimum absolute atomic E-state index is 0.365. The number of aromatic amines is 1. The first-order chi connectivity index (χ1) is 13.6. The summed E-state index contributed by atoms with van der Waals surface area (Å²) in [5, 5.41) is 11.7. The Labute approximate surface area is 167 Å². The van der Waals surface area contributed by atoms with E-state index in [0.29, 0.717) is 12.3 Å². The van der Waals surface area contributed by atoms with Crippen molar-refractivity contribution in [3.8, 4) is 5.75 Å². The van der Waals surface area contributed by atoms with Crippen LogP contribution in [0.15, 0.2) is 48.5 Å². The topological polar surface area (TPSA) is 45.2 Å². The molecule has 0 saturated heterocycles. The lowest BCUT2D eigenvalue weighted by molar-refractivity contribution is -0.266. The van der Waals surface area contributed by atoms with Gasteiger partial charge in [-0.15, -0.1) is 0 Å². The average Bonchev–Trinajstić information content (AvgIpc) is 3.25. The van der Waals surface area contributed by atoms with Gasteiger partial charge in [0, 0.05) is 24.1 Å². The van der Waals surface area contributed by atoms with E-state index in [9.17, 15) is 18.3 Å². The zero-order valence-electron chi connectivity index (χ0n) is 16.4. The summed E-state index contributed by atoms with van der Waals surface area (Å²) in [6.45, 7) is 4.07. The maximum Gasteiger partial charge on any atom is 0.417 e. The van der Waals surface area contributed by atoms with E-state index in [1.54, 1.807) is 26.0 Å². The van der Waals surface area contributed by atoms with Crippen LogP contribution in [-0.4, -0.2) is 28.5 Å². The van der Waals surface area contributed by atoms with Crippen LogP contribution in [0, 0.1) is 0 Å². The third-order valence-electron chi connectivity index (χ3n) is 5.80. The second-order valence-corrected chi connectivity index (χ2v) is 8.57. The molecule has 6 heteroatoms. The van der Waals surface area contributed by atoms with E-state index in [4.69, 9.17) is 4.74 Å². The summed E-state index contributed by atoms with van der Waals surface area (Å²) in [6.07, 6.45) is -4.99. The number of hydrogen-bond acceptors (Lipinski definition) is 2. The zero-order valence-corrected chi connectivity index (χ0v) is 16.4. The molecule has 3 nitrogen and oxygen atoms in total. The molecular weight excluding hydrogens is 379 g/mol. The number of para-hydroxylation sites is 1. The van der Waals surface area contributed by atoms with E-state index in [0.717, 1.165) is 34.2 Å². The molecule has 1 aliphatic heterocycles. The van der Waals surface area contributed by atoms with Crippen molar-refractivity contribution in [2.45, 2.75) is 50.3 Å². The smallest absolute Gasteiger partial charge is 0.417 e. The molecule has 2 N–H and O–H groups in total. The number of nitrogens with one attached hydrogen (secondary N) is 1. The fourth-order valence-corrected chi connectivity index (χ4v) is 4.25. The average molecular weight is 403 g/mol. The van der Waals surface area contributed by atoms with Gasteiger partial charge in [0.05, 0.1) is 6.61 Å². The van der Waals surface area contributed by atoms with E-state index in [1.165, 1.54) is 0 Å². The first-order valence-corrected chi connectivity index (χ1v) is 9.69. The molecule has 0 amide bonds. The lowest BCUT2D eigenvalue weighted by Crippen LogP contribution is -2.50. The lowest BCUT2D eigenvalue weighted by atomic mass is 9.73. The van der Waals surface area contributed by atoms with Crippen molar-refractivity contribution in [2.24, 2.45) is 0 Å². The number of alkyl halides is 3. The number of rotatable bonds is 5. The maximum absolute atomic E-state index is 14.0. The molecule has 1 aromatic heterocycles. The summed E-state index contributed by atoms with van der Waals surface area (Å²) in [4.78, 5) is 3.01. The van der Waals surface area contributed by atoms with Crippen molar-refractivity contribution in [1.82, 2.24) is 4.98 Å². The Balaban J connectivity index is 1.65. The van der Waals surface area contributed by atoms with Crippen LogP contribution >= 0.6 is 0 Å². The van der Waals surface area contributed by atoms with Crippen molar-refractivity contribution in [3.63, 3.8) is 0 Å². The van der Waals surface area contributed by atoms with Crippen LogP contribution in [0.5, 0.6) is 5.75 Å². The molecule has 2 aromatic carbocycles. The third-order valence-corrected chi connectivity index (χ3v) is 5.80. The molecule has 1 aliphatic rings. The first kappa shape index (κ1) is 19.8. The molecule has 0 fully saturated rings. The standard InChI is InChI=1S/C23H24F3NO2/c1-21(2,17-7-8-20-16(11-17)9-10-29-20)14-22(28,23(24,25)26)13-18-12-15-5-3-4-6-19(15)27-18/h3-8,11-12,27-28H,9-10,13-14H2,1-2H3. The van der Waals surface area contributed by atoms with E-state index in [-0.39, 0.29) is 0 Å². The Morgan fingerprint density at radius 3 is 2.55 bits per heavy atom. The molecule has 3 aromatic rings. The summed E-state index contributed by atoms with van der Waals surface area (Å²) in [5.74, 6) is 0.786. The van der Waals surface area contributed by atoms with Gasteiger partial charge < -0.3 is 14.8 Å². The Bertz CT molecular complexity index is 1010. The minimum atomic E-state index is -4.76. The van der Waals surface area contributed by atoms with Gasteiger partial charge in [0.1, 0.15) is 5.75 Å². The Morgan fingerprint density at radius 2 is 1.83 bits per heavy atom. The van der Waals surface area contributed by atoms with Gasteiger partial charge in [-0.25, -0.2) is 0 Å². The van der Waals surface area contributed by atoms with Gasteiger partial charge in [-0.1, -0.05) is 44.2 Å². The molecule has 0 spiro atoms. The highest BCUT2D eigenvalue weighted by Crippen LogP contribution is 2.44. The van der Waals surface area contributed by atoms with Crippen LogP contribution in [0.3, 0.4) is 0 Å². The van der Waals surface area contributed by atoms with Crippen molar-refractivity contribution in [2.75, 3.05) is 6.61 Å². The Hall–Kier alpha value is -2.47. The normalized spacial score (nSPS) is 16.5. The van der Waals surface area contributed by atoms with Crippen molar-refractivity contribution in [3.05, 3.63) is 65.4 Å². The van der Waals surface area contributed by atoms with Crippen LogP contribution in [0.2, 0.25) is 0 Å². The van der Waals surface area contributed by atoms with Gasteiger partial charge in [0.25, 0.3) is 0 Å². The van der Waals surface area contributed by atoms with E-state index in [2.05, 4.69) is 4.98 Å². The minimum Gasteiger partial charge on any atom is -0.493 e. The van der Waals surface area contributed by atoms with Crippen LogP contribution in [0.1, 0.15) is 37.1 Å². The predicted octanol–water partition coefficient (Wildman–Crippen LogP) is 5.31. The highest BCUT2D eigenvalue weighted by molar-refractivity contribution is 5.80. The maximum atomic E-state index is 14.0. The summed E-state index contributed by atoms with van der Waals surface area (Å²) in [6, 6.07) is 14.5. The highest BCUT2D eigenvalue weighted by atomic mass is 19.4. The second kappa shape index (κ2) is 6.80. The fraction of sp³-hybridized carbons (Fsp3) is 0.391. The zero-order chi connectivity index (χ0) is 20.9. The van der Waals surface area contributed by atoms with E-state index >= 15 is 0 Å². The SMILES string of the molecule is CC(C)(CC(O)(Cc1cc2ccccc2[nH]1)C(F)(F)F)c1ccc2c(c1)CCO2. The number of hydrogen-bond donors (Lipinski definition) is 2. The number of halogens is 3. The number of fused-ring (bicyclic) bond motifs is 2. The second-order valence-electron chi connectivity index (χ2n) is 8.57. The Morgan fingerprint density at radius 1 is 1.07 bits per heavy atom. The molecule has 0 saturated carbocycles. The third kappa shape index (κ3) is 3.73. The summed E-state index contributed by atoms with van der Waals surface area (Å²) in [7, 11) is 0. The molecule has 0 bridgehead atoms. The molecule has 1 unspecified atom stereocenters. The molecule has 4 rings (SSSR count). The molecule has 154 valence electrons. The Kier molecular flexibility index (Phi) is 4.65. The van der Waals surface area contributed by atoms with Gasteiger partial charge in [-0.2, -0.15) is 13.2 Å². The summed E-state index contributed by atoms with van der Waals surface area (Å²) in [5.41, 5.74) is -0.849. The number of aromatic nitrogens is 1. The number of aliphatic hydroxyl groups is 1. The van der Waals surface area contributed by atoms with Crippen molar-refractivity contribution < 1.29 is 23.0 Å². The van der Waals surface area contributed by atoms with Gasteiger partial charge in [-0.3, -0.25) is 0 Å². The van der Waals surface area contributed by atoms with E-state index in [1.807, 2.05) is 36.4 Å². The molecule has 0 aliphatic carbocycles. The molecule has 0 radical (unpaired) electrons. The van der Waals surface area contributed by atoms with Crippen LogP contribution in [0.25, 0.3) is 10.9 Å². The molecular formula is C23H24F3NO2. The van der Waals surface area contributed by atoms with Gasteiger partial charge in [0.15, 0.2) is 5.60 Å². The molecule has 1 atom stereocenters. The van der Waals surface area contributed by atoms with Gasteiger partial charge in [-0.05, 0) is 46.5 Å². The van der Waals surface area contributed by atoms with Gasteiger partial charge in [0.2, 0.25) is 0 Å². The van der Waals surface area contributed by atoms with E-state index < -0.39 is 30.0 Å². The predicted molar refractivity (Wildman–Crippen MR) is 106 cm³/mol. The monoisotopic (exact) mass is 403 g/mol. The quantitative estimate of drug-likeness (QED) is 0.607. The number of benzene rings is 2. The van der Waals surface area contributed by atoms with Crippen molar-refractivity contribution in [1.29, 1.82) is 0 Å². The first-order valence-electron chi connectivity index (χ1n) is 9.69. The largest absolute Gasteiger partial charge is 0.493 e. The molecule has 29 heavy (non-hydrogen) atoms. The van der Waals surface area contributed by atoms with Crippen LogP contribution in [0.4, 0.5) is 13.2 Å². The van der Waals surface area contributed by atoms with Gasteiger partial charge >= 0.3 is 6.18 Å². The number of ether oxygens (including phenoxy) is 1. The van der Waals surface area contributed by atoms with Crippen LogP contribution < -0.4 is 4.74 Å².